The highest BCUT2D eigenvalue weighted by atomic mass is 32.1. The number of hydrogen-bond acceptors (Lipinski definition) is 3. The Hall–Kier alpha value is -1.57. The van der Waals surface area contributed by atoms with E-state index in [1.54, 1.807) is 6.07 Å². The predicted molar refractivity (Wildman–Crippen MR) is 70.0 cm³/mol. The van der Waals surface area contributed by atoms with Crippen LogP contribution in [0.2, 0.25) is 0 Å². The highest BCUT2D eigenvalue weighted by molar-refractivity contribution is 7.12. The first-order valence-corrected chi connectivity index (χ1v) is 7.12. The molecule has 2 heterocycles. The van der Waals surface area contributed by atoms with Gasteiger partial charge in [0.05, 0.1) is 18.3 Å². The first-order valence-electron chi connectivity index (χ1n) is 6.31. The van der Waals surface area contributed by atoms with Gasteiger partial charge in [-0.1, -0.05) is 0 Å². The number of carbonyl (C=O) groups is 2. The molecule has 1 aromatic heterocycles. The maximum Gasteiger partial charge on any atom is 0.394 e. The fraction of sp³-hybridized carbons (Fsp3) is 0.538. The largest absolute Gasteiger partial charge is 0.481 e. The van der Waals surface area contributed by atoms with Gasteiger partial charge < -0.3 is 10.0 Å². The Kier molecular flexibility index (Phi) is 4.27. The van der Waals surface area contributed by atoms with E-state index < -0.39 is 36.4 Å². The molecule has 21 heavy (non-hydrogen) atoms. The zero-order chi connectivity index (χ0) is 15.8. The van der Waals surface area contributed by atoms with Crippen molar-refractivity contribution in [2.24, 2.45) is 11.8 Å². The van der Waals surface area contributed by atoms with E-state index >= 15 is 0 Å². The summed E-state index contributed by atoms with van der Waals surface area (Å²) in [5.41, 5.74) is 0. The molecule has 0 bridgehead atoms. The summed E-state index contributed by atoms with van der Waals surface area (Å²) in [5.74, 6) is -5.56. The van der Waals surface area contributed by atoms with Gasteiger partial charge in [-0.3, -0.25) is 9.59 Å². The van der Waals surface area contributed by atoms with Gasteiger partial charge in [0.15, 0.2) is 0 Å². The number of thiophene rings is 1. The second-order valence-electron chi connectivity index (χ2n) is 5.08. The number of rotatable bonds is 3. The summed E-state index contributed by atoms with van der Waals surface area (Å²) >= 11 is 1.40. The third-order valence-corrected chi connectivity index (χ3v) is 4.53. The summed E-state index contributed by atoms with van der Waals surface area (Å²) in [6.07, 6.45) is -4.60. The maximum absolute atomic E-state index is 12.8. The van der Waals surface area contributed by atoms with Crippen LogP contribution in [0, 0.1) is 18.8 Å². The van der Waals surface area contributed by atoms with E-state index in [2.05, 4.69) is 0 Å². The highest BCUT2D eigenvalue weighted by Gasteiger charge is 2.53. The number of carbonyl (C=O) groups excluding carboxylic acids is 1. The van der Waals surface area contributed by atoms with Crippen LogP contribution in [0.15, 0.2) is 12.1 Å². The van der Waals surface area contributed by atoms with Crippen LogP contribution in [-0.4, -0.2) is 41.1 Å². The maximum atomic E-state index is 12.8. The Morgan fingerprint density at radius 2 is 2.05 bits per heavy atom. The minimum Gasteiger partial charge on any atom is -0.481 e. The second-order valence-corrected chi connectivity index (χ2v) is 6.45. The van der Waals surface area contributed by atoms with Crippen LogP contribution >= 0.6 is 11.3 Å². The van der Waals surface area contributed by atoms with Gasteiger partial charge in [-0.2, -0.15) is 13.2 Å². The van der Waals surface area contributed by atoms with Gasteiger partial charge in [-0.25, -0.2) is 0 Å². The summed E-state index contributed by atoms with van der Waals surface area (Å²) in [7, 11) is 0. The number of hydrogen-bond donors (Lipinski definition) is 1. The molecule has 0 saturated carbocycles. The number of nitrogens with zero attached hydrogens (tertiary/aromatic N) is 1. The summed E-state index contributed by atoms with van der Waals surface area (Å²) in [6.45, 7) is 0.904. The van der Waals surface area contributed by atoms with E-state index in [9.17, 15) is 22.8 Å². The molecule has 0 unspecified atom stereocenters. The Morgan fingerprint density at radius 1 is 1.38 bits per heavy atom. The molecular formula is C13H14F3NO3S. The number of carboxylic acid groups (broad SMARTS) is 1. The van der Waals surface area contributed by atoms with Gasteiger partial charge in [0.2, 0.25) is 5.91 Å². The number of aryl methyl sites for hydroxylation is 1. The van der Waals surface area contributed by atoms with Crippen molar-refractivity contribution in [1.82, 2.24) is 4.90 Å². The molecule has 1 amide bonds. The van der Waals surface area contributed by atoms with Gasteiger partial charge in [-0.15, -0.1) is 11.3 Å². The zero-order valence-electron chi connectivity index (χ0n) is 11.2. The van der Waals surface area contributed by atoms with Gasteiger partial charge in [-0.05, 0) is 19.1 Å². The lowest BCUT2D eigenvalue weighted by Crippen LogP contribution is -2.34. The highest BCUT2D eigenvalue weighted by Crippen LogP contribution is 2.38. The molecule has 0 radical (unpaired) electrons. The van der Waals surface area contributed by atoms with Crippen molar-refractivity contribution in [2.45, 2.75) is 19.5 Å². The topological polar surface area (TPSA) is 57.6 Å². The van der Waals surface area contributed by atoms with Crippen LogP contribution in [0.4, 0.5) is 13.2 Å². The van der Waals surface area contributed by atoms with Crippen molar-refractivity contribution in [3.63, 3.8) is 0 Å². The number of likely N-dealkylation sites (tertiary alicyclic amines) is 1. The Labute approximate surface area is 123 Å². The van der Waals surface area contributed by atoms with Crippen molar-refractivity contribution < 1.29 is 27.9 Å². The van der Waals surface area contributed by atoms with Crippen LogP contribution in [0.1, 0.15) is 9.75 Å². The van der Waals surface area contributed by atoms with E-state index in [4.69, 9.17) is 5.11 Å². The first kappa shape index (κ1) is 15.8. The third kappa shape index (κ3) is 3.55. The predicted octanol–water partition coefficient (Wildman–Crippen LogP) is 2.32. The van der Waals surface area contributed by atoms with E-state index in [0.717, 1.165) is 14.7 Å². The van der Waals surface area contributed by atoms with Crippen molar-refractivity contribution in [3.8, 4) is 0 Å². The minimum atomic E-state index is -4.61. The average Bonchev–Trinajstić information content (AvgIpc) is 2.94. The summed E-state index contributed by atoms with van der Waals surface area (Å²) in [4.78, 5) is 25.8. The second kappa shape index (κ2) is 5.67. The number of alkyl halides is 3. The molecular weight excluding hydrogens is 307 g/mol. The molecule has 116 valence electrons. The molecule has 1 aliphatic rings. The summed E-state index contributed by atoms with van der Waals surface area (Å²) in [5, 5.41) is 8.90. The van der Waals surface area contributed by atoms with Crippen molar-refractivity contribution in [2.75, 3.05) is 13.1 Å². The minimum absolute atomic E-state index is 0.00935. The molecule has 1 saturated heterocycles. The molecule has 0 aliphatic carbocycles. The fourth-order valence-corrected chi connectivity index (χ4v) is 3.31. The molecule has 4 nitrogen and oxygen atoms in total. The van der Waals surface area contributed by atoms with Crippen LogP contribution in [0.5, 0.6) is 0 Å². The van der Waals surface area contributed by atoms with E-state index in [1.165, 1.54) is 11.3 Å². The molecule has 1 aliphatic heterocycles. The molecule has 0 spiro atoms. The summed E-state index contributed by atoms with van der Waals surface area (Å²) < 4.78 is 38.5. The van der Waals surface area contributed by atoms with Gasteiger partial charge in [0, 0.05) is 22.8 Å². The van der Waals surface area contributed by atoms with Crippen LogP contribution < -0.4 is 0 Å². The van der Waals surface area contributed by atoms with Crippen molar-refractivity contribution in [3.05, 3.63) is 21.9 Å². The van der Waals surface area contributed by atoms with Crippen LogP contribution in [0.3, 0.4) is 0 Å². The van der Waals surface area contributed by atoms with E-state index in [0.29, 0.717) is 0 Å². The lowest BCUT2D eigenvalue weighted by Gasteiger charge is -2.18. The molecule has 1 aromatic rings. The number of carboxylic acids is 1. The number of aliphatic carboxylic acids is 1. The molecule has 1 N–H and O–H groups in total. The van der Waals surface area contributed by atoms with Gasteiger partial charge in [0.1, 0.15) is 0 Å². The quantitative estimate of drug-likeness (QED) is 0.929. The Bertz CT molecular complexity index is 555. The summed E-state index contributed by atoms with van der Waals surface area (Å²) in [6, 6.07) is 3.58. The Balaban J connectivity index is 2.08. The lowest BCUT2D eigenvalue weighted by molar-refractivity contribution is -0.188. The van der Waals surface area contributed by atoms with Gasteiger partial charge >= 0.3 is 12.1 Å². The molecule has 2 atom stereocenters. The normalized spacial score (nSPS) is 22.6. The van der Waals surface area contributed by atoms with Crippen molar-refractivity contribution >= 4 is 23.2 Å². The van der Waals surface area contributed by atoms with Crippen LogP contribution in [-0.2, 0) is 16.0 Å². The molecule has 1 fully saturated rings. The monoisotopic (exact) mass is 321 g/mol. The first-order chi connectivity index (χ1) is 9.68. The standard InChI is InChI=1S/C13H14F3NO3S/c1-7-2-3-8(21-7)4-11(18)17-5-9(12(19)20)10(6-17)13(14,15)16/h2-3,9-10H,4-6H2,1H3,(H,19,20)/t9-,10-/m1/s1. The smallest absolute Gasteiger partial charge is 0.394 e. The van der Waals surface area contributed by atoms with Crippen LogP contribution in [0.25, 0.3) is 0 Å². The van der Waals surface area contributed by atoms with E-state index in [1.807, 2.05) is 13.0 Å². The third-order valence-electron chi connectivity index (χ3n) is 3.53. The number of amides is 1. The Morgan fingerprint density at radius 3 is 2.48 bits per heavy atom. The molecule has 2 rings (SSSR count). The zero-order valence-corrected chi connectivity index (χ0v) is 12.0. The van der Waals surface area contributed by atoms with Crippen molar-refractivity contribution in [1.29, 1.82) is 0 Å². The SMILES string of the molecule is Cc1ccc(CC(=O)N2C[C@@H](C(F)(F)F)[C@H](C(=O)O)C2)s1. The molecule has 0 aromatic carbocycles. The average molecular weight is 321 g/mol. The number of halogens is 3. The van der Waals surface area contributed by atoms with Gasteiger partial charge in [0.25, 0.3) is 0 Å². The molecule has 8 heteroatoms. The lowest BCUT2D eigenvalue weighted by atomic mass is 9.96. The van der Waals surface area contributed by atoms with E-state index in [-0.39, 0.29) is 13.0 Å². The fourth-order valence-electron chi connectivity index (χ4n) is 2.43.